The molecule has 0 heterocycles. The standard InChI is InChI=1S/C18H18Cl3N3O2/c1-2-16(25)23-17(18(19,20)21)26-15-10-8-13(9-11-15)12-22-24-14-6-4-3-5-7-14/h3-12,17,24H,2H2,1H3,(H,23,25)/b22-12-/t17-/m0/s1. The maximum Gasteiger partial charge on any atom is 0.246 e. The molecule has 0 fully saturated rings. The number of alkyl halides is 3. The van der Waals surface area contributed by atoms with Crippen molar-refractivity contribution in [2.45, 2.75) is 23.4 Å². The van der Waals surface area contributed by atoms with Crippen LogP contribution in [0.15, 0.2) is 59.7 Å². The van der Waals surface area contributed by atoms with Gasteiger partial charge >= 0.3 is 0 Å². The molecule has 8 heteroatoms. The van der Waals surface area contributed by atoms with Gasteiger partial charge in [-0.15, -0.1) is 0 Å². The van der Waals surface area contributed by atoms with E-state index in [0.717, 1.165) is 11.3 Å². The molecule has 138 valence electrons. The SMILES string of the molecule is CCC(=O)N[C@@H](Oc1ccc(/C=N\Nc2ccccc2)cc1)C(Cl)(Cl)Cl. The highest BCUT2D eigenvalue weighted by atomic mass is 35.6. The number of rotatable bonds is 7. The summed E-state index contributed by atoms with van der Waals surface area (Å²) >= 11 is 17.6. The minimum absolute atomic E-state index is 0.254. The molecule has 0 radical (unpaired) electrons. The van der Waals surface area contributed by atoms with Gasteiger partial charge in [-0.1, -0.05) is 59.9 Å². The molecular formula is C18H18Cl3N3O2. The lowest BCUT2D eigenvalue weighted by molar-refractivity contribution is -0.123. The molecule has 2 rings (SSSR count). The van der Waals surface area contributed by atoms with Crippen molar-refractivity contribution in [2.24, 2.45) is 5.10 Å². The molecule has 2 aromatic rings. The van der Waals surface area contributed by atoms with E-state index in [0.29, 0.717) is 5.75 Å². The summed E-state index contributed by atoms with van der Waals surface area (Å²) in [5, 5.41) is 6.68. The van der Waals surface area contributed by atoms with Crippen LogP contribution in [0, 0.1) is 0 Å². The number of nitrogens with zero attached hydrogens (tertiary/aromatic N) is 1. The highest BCUT2D eigenvalue weighted by Crippen LogP contribution is 2.32. The van der Waals surface area contributed by atoms with Crippen LogP contribution in [0.25, 0.3) is 0 Å². The first kappa shape index (κ1) is 20.4. The van der Waals surface area contributed by atoms with E-state index >= 15 is 0 Å². The lowest BCUT2D eigenvalue weighted by atomic mass is 10.2. The smallest absolute Gasteiger partial charge is 0.246 e. The van der Waals surface area contributed by atoms with Crippen LogP contribution in [0.2, 0.25) is 0 Å². The highest BCUT2D eigenvalue weighted by molar-refractivity contribution is 6.68. The van der Waals surface area contributed by atoms with Gasteiger partial charge in [0, 0.05) is 6.42 Å². The molecule has 0 aromatic heterocycles. The number of hydrazone groups is 1. The number of para-hydroxylation sites is 1. The molecule has 5 nitrogen and oxygen atoms in total. The Kier molecular flexibility index (Phi) is 7.57. The lowest BCUT2D eigenvalue weighted by Gasteiger charge is -2.26. The average molecular weight is 415 g/mol. The number of benzene rings is 2. The van der Waals surface area contributed by atoms with Crippen molar-refractivity contribution in [1.82, 2.24) is 5.32 Å². The normalized spacial score (nSPS) is 12.6. The largest absolute Gasteiger partial charge is 0.466 e. The summed E-state index contributed by atoms with van der Waals surface area (Å²) in [6.07, 6.45) is 0.825. The minimum atomic E-state index is -1.80. The third-order valence-corrected chi connectivity index (χ3v) is 3.82. The van der Waals surface area contributed by atoms with Crippen LogP contribution >= 0.6 is 34.8 Å². The molecule has 0 saturated heterocycles. The zero-order chi connectivity index (χ0) is 19.0. The van der Waals surface area contributed by atoms with E-state index in [-0.39, 0.29) is 12.3 Å². The van der Waals surface area contributed by atoms with Gasteiger partial charge in [0.25, 0.3) is 0 Å². The van der Waals surface area contributed by atoms with Crippen molar-refractivity contribution in [1.29, 1.82) is 0 Å². The van der Waals surface area contributed by atoms with E-state index < -0.39 is 10.0 Å². The van der Waals surface area contributed by atoms with E-state index in [2.05, 4.69) is 15.8 Å². The Balaban J connectivity index is 1.97. The first-order valence-electron chi connectivity index (χ1n) is 7.85. The number of carbonyl (C=O) groups excluding carboxylic acids is 1. The zero-order valence-corrected chi connectivity index (χ0v) is 16.2. The predicted molar refractivity (Wildman–Crippen MR) is 107 cm³/mol. The van der Waals surface area contributed by atoms with Crippen molar-refractivity contribution in [3.8, 4) is 5.75 Å². The number of hydrogen-bond acceptors (Lipinski definition) is 4. The van der Waals surface area contributed by atoms with Gasteiger partial charge in [0.2, 0.25) is 15.9 Å². The minimum Gasteiger partial charge on any atom is -0.466 e. The predicted octanol–water partition coefficient (Wildman–Crippen LogP) is 4.73. The maximum absolute atomic E-state index is 11.6. The van der Waals surface area contributed by atoms with Crippen molar-refractivity contribution < 1.29 is 9.53 Å². The van der Waals surface area contributed by atoms with Crippen LogP contribution in [0.1, 0.15) is 18.9 Å². The van der Waals surface area contributed by atoms with Gasteiger partial charge in [-0.25, -0.2) is 0 Å². The Morgan fingerprint density at radius 3 is 2.38 bits per heavy atom. The van der Waals surface area contributed by atoms with Crippen molar-refractivity contribution in [2.75, 3.05) is 5.43 Å². The third-order valence-electron chi connectivity index (χ3n) is 3.23. The molecule has 0 aliphatic heterocycles. The second-order valence-electron chi connectivity index (χ2n) is 5.27. The summed E-state index contributed by atoms with van der Waals surface area (Å²) < 4.78 is 3.79. The van der Waals surface area contributed by atoms with Gasteiger partial charge in [-0.05, 0) is 42.0 Å². The Morgan fingerprint density at radius 2 is 1.81 bits per heavy atom. The van der Waals surface area contributed by atoms with Gasteiger partial charge in [-0.3, -0.25) is 10.2 Å². The number of anilines is 1. The molecule has 1 amide bonds. The summed E-state index contributed by atoms with van der Waals surface area (Å²) in [7, 11) is 0. The van der Waals surface area contributed by atoms with Crippen LogP contribution < -0.4 is 15.5 Å². The molecule has 2 aromatic carbocycles. The second-order valence-corrected chi connectivity index (χ2v) is 7.63. The van der Waals surface area contributed by atoms with Crippen molar-refractivity contribution in [3.05, 3.63) is 60.2 Å². The number of hydrogen-bond donors (Lipinski definition) is 2. The second kappa shape index (κ2) is 9.67. The molecule has 1 atom stereocenters. The fourth-order valence-corrected chi connectivity index (χ4v) is 2.19. The zero-order valence-electron chi connectivity index (χ0n) is 14.0. The molecule has 0 aliphatic carbocycles. The number of carbonyl (C=O) groups is 1. The number of nitrogens with one attached hydrogen (secondary N) is 2. The monoisotopic (exact) mass is 413 g/mol. The first-order chi connectivity index (χ1) is 12.4. The van der Waals surface area contributed by atoms with Crippen molar-refractivity contribution in [3.63, 3.8) is 0 Å². The number of ether oxygens (including phenoxy) is 1. The van der Waals surface area contributed by atoms with Gasteiger partial charge < -0.3 is 10.1 Å². The first-order valence-corrected chi connectivity index (χ1v) is 8.99. The van der Waals surface area contributed by atoms with E-state index in [9.17, 15) is 4.79 Å². The van der Waals surface area contributed by atoms with E-state index in [1.54, 1.807) is 37.4 Å². The average Bonchev–Trinajstić information content (AvgIpc) is 2.62. The molecule has 26 heavy (non-hydrogen) atoms. The Bertz CT molecular complexity index is 732. The molecule has 0 aliphatic rings. The van der Waals surface area contributed by atoms with Crippen LogP contribution in [0.5, 0.6) is 5.75 Å². The van der Waals surface area contributed by atoms with E-state index in [1.807, 2.05) is 30.3 Å². The lowest BCUT2D eigenvalue weighted by Crippen LogP contribution is -2.47. The topological polar surface area (TPSA) is 62.7 Å². The molecule has 2 N–H and O–H groups in total. The molecular weight excluding hydrogens is 397 g/mol. The quantitative estimate of drug-likeness (QED) is 0.298. The fraction of sp³-hybridized carbons (Fsp3) is 0.222. The van der Waals surface area contributed by atoms with Gasteiger partial charge in [0.1, 0.15) is 5.75 Å². The van der Waals surface area contributed by atoms with E-state index in [4.69, 9.17) is 39.5 Å². The molecule has 0 unspecified atom stereocenters. The van der Waals surface area contributed by atoms with Crippen molar-refractivity contribution >= 4 is 52.6 Å². The van der Waals surface area contributed by atoms with Crippen LogP contribution in [-0.4, -0.2) is 22.1 Å². The van der Waals surface area contributed by atoms with Crippen LogP contribution in [0.4, 0.5) is 5.69 Å². The number of amides is 1. The Labute approximate surface area is 167 Å². The van der Waals surface area contributed by atoms with Gasteiger partial charge in [-0.2, -0.15) is 5.10 Å². The van der Waals surface area contributed by atoms with E-state index in [1.165, 1.54) is 0 Å². The highest BCUT2D eigenvalue weighted by Gasteiger charge is 2.35. The number of halogens is 3. The molecule has 0 bridgehead atoms. The molecule has 0 saturated carbocycles. The van der Waals surface area contributed by atoms with Crippen LogP contribution in [-0.2, 0) is 4.79 Å². The fourth-order valence-electron chi connectivity index (χ4n) is 1.89. The summed E-state index contributed by atoms with van der Waals surface area (Å²) in [6, 6.07) is 16.6. The summed E-state index contributed by atoms with van der Waals surface area (Å²) in [4.78, 5) is 11.6. The summed E-state index contributed by atoms with van der Waals surface area (Å²) in [5.74, 6) is 0.169. The Hall–Kier alpha value is -1.95. The van der Waals surface area contributed by atoms with Crippen LogP contribution in [0.3, 0.4) is 0 Å². The van der Waals surface area contributed by atoms with Gasteiger partial charge in [0.15, 0.2) is 0 Å². The molecule has 0 spiro atoms. The van der Waals surface area contributed by atoms with Gasteiger partial charge in [0.05, 0.1) is 11.9 Å². The Morgan fingerprint density at radius 1 is 1.15 bits per heavy atom. The third kappa shape index (κ3) is 6.75. The maximum atomic E-state index is 11.6. The summed E-state index contributed by atoms with van der Waals surface area (Å²) in [6.45, 7) is 1.70. The summed E-state index contributed by atoms with van der Waals surface area (Å²) in [5.41, 5.74) is 4.67.